The van der Waals surface area contributed by atoms with Gasteiger partial charge < -0.3 is 5.32 Å². The molecule has 1 atom stereocenters. The van der Waals surface area contributed by atoms with Crippen LogP contribution in [0.25, 0.3) is 0 Å². The van der Waals surface area contributed by atoms with Crippen LogP contribution in [0.3, 0.4) is 0 Å². The predicted molar refractivity (Wildman–Crippen MR) is 75.4 cm³/mol. The van der Waals surface area contributed by atoms with Gasteiger partial charge in [-0.15, -0.1) is 0 Å². The fraction of sp³-hybridized carbons (Fsp3) is 0.500. The summed E-state index contributed by atoms with van der Waals surface area (Å²) in [5.74, 6) is 0.00423. The van der Waals surface area contributed by atoms with Crippen LogP contribution < -0.4 is 5.32 Å². The van der Waals surface area contributed by atoms with Gasteiger partial charge >= 0.3 is 0 Å². The molecule has 1 unspecified atom stereocenters. The molecule has 0 heterocycles. The Labute approximate surface area is 112 Å². The molecule has 17 heavy (non-hydrogen) atoms. The second-order valence-corrected chi connectivity index (χ2v) is 6.75. The molecule has 0 spiro atoms. The summed E-state index contributed by atoms with van der Waals surface area (Å²) in [5, 5.41) is 2.99. The number of hydrogen-bond acceptors (Lipinski definition) is 1. The number of carbonyl (C=O) groups is 1. The molecule has 0 radical (unpaired) electrons. The van der Waals surface area contributed by atoms with Crippen LogP contribution in [0.4, 0.5) is 0 Å². The molecule has 0 aliphatic rings. The number of hydrogen-bond donors (Lipinski definition) is 1. The Morgan fingerprint density at radius 2 is 1.88 bits per heavy atom. The summed E-state index contributed by atoms with van der Waals surface area (Å²) >= 11 is 3.36. The smallest absolute Gasteiger partial charge is 0.236 e. The minimum atomic E-state index is -0.523. The molecule has 0 aromatic heterocycles. The molecule has 1 aromatic rings. The zero-order valence-corrected chi connectivity index (χ0v) is 12.5. The Kier molecular flexibility index (Phi) is 4.75. The van der Waals surface area contributed by atoms with Gasteiger partial charge in [-0.2, -0.15) is 0 Å². The van der Waals surface area contributed by atoms with Gasteiger partial charge in [-0.25, -0.2) is 0 Å². The van der Waals surface area contributed by atoms with Gasteiger partial charge in [0.15, 0.2) is 0 Å². The van der Waals surface area contributed by atoms with Crippen molar-refractivity contribution in [3.05, 3.63) is 35.4 Å². The topological polar surface area (TPSA) is 29.1 Å². The lowest BCUT2D eigenvalue weighted by Crippen LogP contribution is -2.38. The Morgan fingerprint density at radius 1 is 1.35 bits per heavy atom. The average molecular weight is 298 g/mol. The van der Waals surface area contributed by atoms with E-state index in [9.17, 15) is 4.79 Å². The lowest BCUT2D eigenvalue weighted by Gasteiger charge is -2.21. The molecule has 3 heteroatoms. The summed E-state index contributed by atoms with van der Waals surface area (Å²) in [6, 6.07) is 8.40. The first-order valence-electron chi connectivity index (χ1n) is 5.93. The van der Waals surface area contributed by atoms with Crippen LogP contribution in [0.5, 0.6) is 0 Å². The first-order valence-corrected chi connectivity index (χ1v) is 6.72. The second kappa shape index (κ2) is 5.67. The molecular weight excluding hydrogens is 278 g/mol. The number of halogens is 1. The van der Waals surface area contributed by atoms with Crippen molar-refractivity contribution in [3.8, 4) is 0 Å². The number of amides is 1. The molecule has 1 N–H and O–H groups in total. The minimum absolute atomic E-state index is 0.00423. The van der Waals surface area contributed by atoms with Crippen molar-refractivity contribution >= 4 is 21.8 Å². The van der Waals surface area contributed by atoms with Crippen LogP contribution in [-0.4, -0.2) is 10.2 Å². The fourth-order valence-electron chi connectivity index (χ4n) is 1.49. The molecule has 0 saturated carbocycles. The van der Waals surface area contributed by atoms with Gasteiger partial charge in [0.05, 0.1) is 10.4 Å². The molecule has 1 aromatic carbocycles. The molecular formula is C14H20BrNO. The van der Waals surface area contributed by atoms with Crippen molar-refractivity contribution in [2.24, 2.45) is 0 Å². The van der Waals surface area contributed by atoms with Gasteiger partial charge in [0, 0.05) is 0 Å². The number of benzene rings is 1. The summed E-state index contributed by atoms with van der Waals surface area (Å²) in [6.45, 7) is 7.82. The maximum atomic E-state index is 11.8. The van der Waals surface area contributed by atoms with Crippen molar-refractivity contribution in [3.63, 3.8) is 0 Å². The first kappa shape index (κ1) is 14.2. The van der Waals surface area contributed by atoms with Gasteiger partial charge in [-0.05, 0) is 38.3 Å². The van der Waals surface area contributed by atoms with Gasteiger partial charge in [0.2, 0.25) is 5.91 Å². The fourth-order valence-corrected chi connectivity index (χ4v) is 1.61. The predicted octanol–water partition coefficient (Wildman–Crippen LogP) is 3.60. The Morgan fingerprint density at radius 3 is 2.29 bits per heavy atom. The van der Waals surface area contributed by atoms with E-state index in [1.807, 2.05) is 20.8 Å². The van der Waals surface area contributed by atoms with Crippen molar-refractivity contribution < 1.29 is 4.79 Å². The maximum Gasteiger partial charge on any atom is 0.236 e. The van der Waals surface area contributed by atoms with Crippen molar-refractivity contribution in [2.45, 2.75) is 44.5 Å². The summed E-state index contributed by atoms with van der Waals surface area (Å²) in [4.78, 5) is 11.8. The van der Waals surface area contributed by atoms with Crippen LogP contribution in [0.1, 0.15) is 44.9 Å². The lowest BCUT2D eigenvalue weighted by atomic mass is 10.0. The highest BCUT2D eigenvalue weighted by Crippen LogP contribution is 2.19. The second-order valence-electron chi connectivity index (χ2n) is 4.76. The molecule has 0 bridgehead atoms. The summed E-state index contributed by atoms with van der Waals surface area (Å²) in [6.07, 6.45) is 1.04. The van der Waals surface area contributed by atoms with Crippen LogP contribution >= 0.6 is 15.9 Å². The highest BCUT2D eigenvalue weighted by Gasteiger charge is 2.24. The molecule has 0 saturated heterocycles. The Hall–Kier alpha value is -0.830. The molecule has 1 amide bonds. The van der Waals surface area contributed by atoms with Crippen molar-refractivity contribution in [1.82, 2.24) is 5.32 Å². The summed E-state index contributed by atoms with van der Waals surface area (Å²) in [7, 11) is 0. The third-order valence-corrected chi connectivity index (χ3v) is 3.14. The van der Waals surface area contributed by atoms with E-state index >= 15 is 0 Å². The third-order valence-electron chi connectivity index (χ3n) is 2.78. The van der Waals surface area contributed by atoms with E-state index in [1.165, 1.54) is 5.56 Å². The zero-order chi connectivity index (χ0) is 13.1. The quantitative estimate of drug-likeness (QED) is 0.845. The molecule has 0 aliphatic heterocycles. The highest BCUT2D eigenvalue weighted by molar-refractivity contribution is 9.10. The third kappa shape index (κ3) is 4.15. The summed E-state index contributed by atoms with van der Waals surface area (Å²) in [5.41, 5.74) is 2.44. The zero-order valence-electron chi connectivity index (χ0n) is 10.9. The average Bonchev–Trinajstić information content (AvgIpc) is 2.27. The van der Waals surface area contributed by atoms with Crippen LogP contribution in [0.15, 0.2) is 24.3 Å². The molecule has 0 aliphatic carbocycles. The van der Waals surface area contributed by atoms with Gasteiger partial charge in [-0.1, -0.05) is 47.1 Å². The number of alkyl halides is 1. The number of nitrogens with one attached hydrogen (secondary N) is 1. The van der Waals surface area contributed by atoms with E-state index in [4.69, 9.17) is 0 Å². The molecule has 94 valence electrons. The van der Waals surface area contributed by atoms with Crippen LogP contribution in [0.2, 0.25) is 0 Å². The van der Waals surface area contributed by atoms with Gasteiger partial charge in [0.25, 0.3) is 0 Å². The summed E-state index contributed by atoms with van der Waals surface area (Å²) < 4.78 is -0.523. The van der Waals surface area contributed by atoms with E-state index < -0.39 is 4.32 Å². The first-order chi connectivity index (χ1) is 7.84. The van der Waals surface area contributed by atoms with Crippen LogP contribution in [-0.2, 0) is 11.2 Å². The van der Waals surface area contributed by atoms with Gasteiger partial charge in [0.1, 0.15) is 0 Å². The number of carbonyl (C=O) groups excluding carboxylic acids is 1. The monoisotopic (exact) mass is 297 g/mol. The van der Waals surface area contributed by atoms with E-state index in [1.54, 1.807) is 0 Å². The van der Waals surface area contributed by atoms with E-state index in [0.29, 0.717) is 0 Å². The highest BCUT2D eigenvalue weighted by atomic mass is 79.9. The van der Waals surface area contributed by atoms with E-state index in [2.05, 4.69) is 52.4 Å². The standard InChI is InChI=1S/C14H20BrNO/c1-5-11-6-8-12(9-7-11)10(2)16-13(17)14(3,4)15/h6-10H,5H2,1-4H3,(H,16,17). The molecule has 2 nitrogen and oxygen atoms in total. The SMILES string of the molecule is CCc1ccc(C(C)NC(=O)C(C)(C)Br)cc1. The van der Waals surface area contributed by atoms with Gasteiger partial charge in [-0.3, -0.25) is 4.79 Å². The Balaban J connectivity index is 2.70. The minimum Gasteiger partial charge on any atom is -0.348 e. The van der Waals surface area contributed by atoms with Crippen molar-refractivity contribution in [1.29, 1.82) is 0 Å². The van der Waals surface area contributed by atoms with E-state index in [0.717, 1.165) is 12.0 Å². The largest absolute Gasteiger partial charge is 0.348 e. The van der Waals surface area contributed by atoms with Crippen molar-refractivity contribution in [2.75, 3.05) is 0 Å². The maximum absolute atomic E-state index is 11.8. The number of aryl methyl sites for hydroxylation is 1. The Bertz CT molecular complexity index is 378. The van der Waals surface area contributed by atoms with E-state index in [-0.39, 0.29) is 11.9 Å². The number of rotatable bonds is 4. The normalized spacial score (nSPS) is 13.2. The van der Waals surface area contributed by atoms with Crippen LogP contribution in [0, 0.1) is 0 Å². The lowest BCUT2D eigenvalue weighted by molar-refractivity contribution is -0.123. The molecule has 0 fully saturated rings. The molecule has 1 rings (SSSR count).